The lowest BCUT2D eigenvalue weighted by atomic mass is 10.3. The van der Waals surface area contributed by atoms with Crippen molar-refractivity contribution < 1.29 is 66.5 Å². The molecule has 0 saturated carbocycles. The van der Waals surface area contributed by atoms with Gasteiger partial charge in [0.1, 0.15) is 12.4 Å². The van der Waals surface area contributed by atoms with Crippen LogP contribution >= 0.6 is 0 Å². The Balaban J connectivity index is 1.64. The van der Waals surface area contributed by atoms with Gasteiger partial charge in [0.2, 0.25) is 0 Å². The molecule has 0 aliphatic rings. The maximum absolute atomic E-state index is 10.6. The lowest BCUT2D eigenvalue weighted by molar-refractivity contribution is -0.384. The van der Waals surface area contributed by atoms with Crippen LogP contribution in [0, 0.1) is 10.1 Å². The molecule has 0 atom stereocenters. The van der Waals surface area contributed by atoms with Crippen molar-refractivity contribution in [2.45, 2.75) is 0 Å². The van der Waals surface area contributed by atoms with E-state index in [1.165, 1.54) is 12.1 Å². The van der Waals surface area contributed by atoms with Crippen LogP contribution in [0.5, 0.6) is 5.75 Å². The first kappa shape index (κ1) is 43.0. The van der Waals surface area contributed by atoms with Gasteiger partial charge in [0, 0.05) is 19.2 Å². The number of hydrogen-bond acceptors (Lipinski definition) is 15. The highest BCUT2D eigenvalue weighted by molar-refractivity contribution is 5.35. The molecule has 16 heteroatoms. The first-order chi connectivity index (χ1) is 23.2. The quantitative estimate of drug-likeness (QED) is 0.0564. The highest BCUT2D eigenvalue weighted by Gasteiger charge is 2.04. The van der Waals surface area contributed by atoms with Crippen molar-refractivity contribution in [2.75, 3.05) is 166 Å². The molecular weight excluding hydrogens is 626 g/mol. The maximum Gasteiger partial charge on any atom is 0.269 e. The van der Waals surface area contributed by atoms with Gasteiger partial charge >= 0.3 is 0 Å². The Morgan fingerprint density at radius 3 is 0.872 bits per heavy atom. The van der Waals surface area contributed by atoms with Crippen molar-refractivity contribution in [3.05, 3.63) is 34.4 Å². The van der Waals surface area contributed by atoms with Gasteiger partial charge in [-0.25, -0.2) is 0 Å². The molecule has 0 unspecified atom stereocenters. The summed E-state index contributed by atoms with van der Waals surface area (Å²) in [7, 11) is 1.64. The van der Waals surface area contributed by atoms with Crippen LogP contribution in [0.4, 0.5) is 5.69 Å². The fourth-order valence-corrected chi connectivity index (χ4v) is 3.33. The smallest absolute Gasteiger partial charge is 0.269 e. The second-order valence-corrected chi connectivity index (χ2v) is 9.33. The fraction of sp³-hybridized carbons (Fsp3) is 0.806. The molecule has 0 aliphatic heterocycles. The van der Waals surface area contributed by atoms with Crippen molar-refractivity contribution in [1.82, 2.24) is 0 Å². The van der Waals surface area contributed by atoms with Gasteiger partial charge in [-0.15, -0.1) is 0 Å². The zero-order valence-corrected chi connectivity index (χ0v) is 27.9. The molecule has 1 aromatic rings. The lowest BCUT2D eigenvalue weighted by Gasteiger charge is -2.09. The third-order valence-electron chi connectivity index (χ3n) is 5.70. The molecule has 1 aromatic carbocycles. The molecule has 0 bridgehead atoms. The van der Waals surface area contributed by atoms with Crippen LogP contribution < -0.4 is 4.74 Å². The molecule has 0 aromatic heterocycles. The predicted octanol–water partition coefficient (Wildman–Crippen LogP) is 1.80. The Labute approximate surface area is 278 Å². The van der Waals surface area contributed by atoms with Crippen LogP contribution in [0.25, 0.3) is 0 Å². The zero-order chi connectivity index (χ0) is 33.7. The van der Waals surface area contributed by atoms with E-state index < -0.39 is 4.92 Å². The highest BCUT2D eigenvalue weighted by atomic mass is 16.6. The molecule has 0 aliphatic carbocycles. The Bertz CT molecular complexity index is 791. The van der Waals surface area contributed by atoms with E-state index in [1.807, 2.05) is 0 Å². The summed E-state index contributed by atoms with van der Waals surface area (Å²) >= 11 is 0. The monoisotopic (exact) mass is 681 g/mol. The standard InChI is InChI=1S/C31H55NO15/c1-35-6-7-36-8-9-37-10-11-38-12-13-39-14-15-40-16-17-41-18-19-42-20-21-43-22-23-44-24-25-45-26-27-46-28-29-47-31-4-2-30(3-5-31)32(33)34/h2-5H,6-29H2,1H3. The second-order valence-electron chi connectivity index (χ2n) is 9.33. The van der Waals surface area contributed by atoms with Crippen molar-refractivity contribution in [1.29, 1.82) is 0 Å². The van der Waals surface area contributed by atoms with Gasteiger partial charge in [-0.1, -0.05) is 0 Å². The Morgan fingerprint density at radius 2 is 0.638 bits per heavy atom. The van der Waals surface area contributed by atoms with E-state index in [4.69, 9.17) is 61.6 Å². The summed E-state index contributed by atoms with van der Waals surface area (Å²) in [4.78, 5) is 10.2. The summed E-state index contributed by atoms with van der Waals surface area (Å²) in [5.74, 6) is 0.555. The molecule has 274 valence electrons. The Hall–Kier alpha value is -2.06. The SMILES string of the molecule is COCCOCCOCCOCCOCCOCCOCCOCCOCCOCCOCCOCCOc1ccc([N+](=O)[O-])cc1. The van der Waals surface area contributed by atoms with Crippen LogP contribution in [-0.4, -0.2) is 171 Å². The van der Waals surface area contributed by atoms with Crippen LogP contribution in [0.2, 0.25) is 0 Å². The molecule has 0 saturated heterocycles. The van der Waals surface area contributed by atoms with Gasteiger partial charge in [-0.05, 0) is 12.1 Å². The second kappa shape index (κ2) is 35.3. The van der Waals surface area contributed by atoms with Crippen molar-refractivity contribution in [3.63, 3.8) is 0 Å². The number of ether oxygens (including phenoxy) is 13. The van der Waals surface area contributed by atoms with E-state index in [1.54, 1.807) is 19.2 Å². The van der Waals surface area contributed by atoms with Crippen LogP contribution in [0.1, 0.15) is 0 Å². The summed E-state index contributed by atoms with van der Waals surface area (Å²) in [6.07, 6.45) is 0. The summed E-state index contributed by atoms with van der Waals surface area (Å²) in [6, 6.07) is 5.91. The molecule has 0 amide bonds. The van der Waals surface area contributed by atoms with Gasteiger partial charge in [-0.3, -0.25) is 10.1 Å². The van der Waals surface area contributed by atoms with Crippen LogP contribution in [0.15, 0.2) is 24.3 Å². The largest absolute Gasteiger partial charge is 0.491 e. The summed E-state index contributed by atoms with van der Waals surface area (Å²) in [6.45, 7) is 11.8. The third kappa shape index (κ3) is 31.0. The number of hydrogen-bond donors (Lipinski definition) is 0. The number of nitrogens with zero attached hydrogens (tertiary/aromatic N) is 1. The normalized spacial score (nSPS) is 11.3. The van der Waals surface area contributed by atoms with Crippen molar-refractivity contribution >= 4 is 5.69 Å². The predicted molar refractivity (Wildman–Crippen MR) is 169 cm³/mol. The Morgan fingerprint density at radius 1 is 0.404 bits per heavy atom. The van der Waals surface area contributed by atoms with Gasteiger partial charge in [0.05, 0.1) is 157 Å². The molecule has 0 N–H and O–H groups in total. The van der Waals surface area contributed by atoms with Crippen LogP contribution in [0.3, 0.4) is 0 Å². The zero-order valence-electron chi connectivity index (χ0n) is 27.9. The topological polar surface area (TPSA) is 163 Å². The van der Waals surface area contributed by atoms with Gasteiger partial charge in [0.15, 0.2) is 0 Å². The summed E-state index contributed by atoms with van der Waals surface area (Å²) in [5, 5.41) is 10.6. The van der Waals surface area contributed by atoms with E-state index in [2.05, 4.69) is 0 Å². The molecule has 0 radical (unpaired) electrons. The van der Waals surface area contributed by atoms with Gasteiger partial charge < -0.3 is 61.6 Å². The van der Waals surface area contributed by atoms with Gasteiger partial charge in [-0.2, -0.15) is 0 Å². The number of nitro groups is 1. The van der Waals surface area contributed by atoms with Crippen molar-refractivity contribution in [3.8, 4) is 5.75 Å². The minimum atomic E-state index is -0.452. The molecule has 0 fully saturated rings. The summed E-state index contributed by atoms with van der Waals surface area (Å²) in [5.41, 5.74) is 0.0249. The lowest BCUT2D eigenvalue weighted by Crippen LogP contribution is -2.15. The molecular formula is C31H55NO15. The molecule has 0 heterocycles. The number of non-ortho nitro benzene ring substituents is 1. The first-order valence-electron chi connectivity index (χ1n) is 16.0. The number of methoxy groups -OCH3 is 1. The van der Waals surface area contributed by atoms with Crippen LogP contribution in [-0.2, 0) is 56.8 Å². The molecule has 47 heavy (non-hydrogen) atoms. The van der Waals surface area contributed by atoms with E-state index in [0.29, 0.717) is 164 Å². The van der Waals surface area contributed by atoms with E-state index in [-0.39, 0.29) is 5.69 Å². The molecule has 1 rings (SSSR count). The van der Waals surface area contributed by atoms with E-state index in [0.717, 1.165) is 0 Å². The minimum absolute atomic E-state index is 0.0249. The van der Waals surface area contributed by atoms with E-state index in [9.17, 15) is 10.1 Å². The molecule has 16 nitrogen and oxygen atoms in total. The van der Waals surface area contributed by atoms with Gasteiger partial charge in [0.25, 0.3) is 5.69 Å². The average molecular weight is 682 g/mol. The Kier molecular flexibility index (Phi) is 32.2. The number of nitro benzene ring substituents is 1. The average Bonchev–Trinajstić information content (AvgIpc) is 3.08. The third-order valence-corrected chi connectivity index (χ3v) is 5.70. The molecule has 0 spiro atoms. The summed E-state index contributed by atoms with van der Waals surface area (Å²) < 4.78 is 70.1. The fourth-order valence-electron chi connectivity index (χ4n) is 3.33. The number of benzene rings is 1. The highest BCUT2D eigenvalue weighted by Crippen LogP contribution is 2.17. The first-order valence-corrected chi connectivity index (χ1v) is 16.0. The van der Waals surface area contributed by atoms with Crippen molar-refractivity contribution in [2.24, 2.45) is 0 Å². The number of rotatable bonds is 38. The van der Waals surface area contributed by atoms with E-state index >= 15 is 0 Å². The minimum Gasteiger partial charge on any atom is -0.491 e. The maximum atomic E-state index is 10.6.